The number of hydrogen-bond acceptors (Lipinski definition) is 4. The van der Waals surface area contributed by atoms with Crippen LogP contribution in [0.5, 0.6) is 0 Å². The first-order valence-corrected chi connectivity index (χ1v) is 8.03. The fourth-order valence-corrected chi connectivity index (χ4v) is 3.42. The standard InChI is InChI=1S/C15H23N3OS/c1-10(2)18-7-8-19-13(9-18)14-16-12-6-4-3-5-11(12)15(20)17-14/h10,13H,3-9H2,1-2H3,(H,16,17,20). The second-order valence-corrected chi connectivity index (χ2v) is 6.43. The summed E-state index contributed by atoms with van der Waals surface area (Å²) in [5, 5.41) is 0. The average molecular weight is 293 g/mol. The summed E-state index contributed by atoms with van der Waals surface area (Å²) in [4.78, 5) is 10.6. The first-order valence-electron chi connectivity index (χ1n) is 7.63. The number of nitrogens with zero attached hydrogens (tertiary/aromatic N) is 2. The van der Waals surface area contributed by atoms with Crippen molar-refractivity contribution in [1.82, 2.24) is 14.9 Å². The molecule has 20 heavy (non-hydrogen) atoms. The predicted molar refractivity (Wildman–Crippen MR) is 81.5 cm³/mol. The van der Waals surface area contributed by atoms with Crippen molar-refractivity contribution in [3.05, 3.63) is 21.7 Å². The third-order valence-electron chi connectivity index (χ3n) is 4.36. The van der Waals surface area contributed by atoms with Crippen LogP contribution >= 0.6 is 12.2 Å². The minimum atomic E-state index is 0.0278. The van der Waals surface area contributed by atoms with Gasteiger partial charge in [-0.1, -0.05) is 12.2 Å². The molecule has 0 saturated carbocycles. The molecule has 3 rings (SSSR count). The van der Waals surface area contributed by atoms with Crippen LogP contribution in [0.1, 0.15) is 49.9 Å². The van der Waals surface area contributed by atoms with Crippen molar-refractivity contribution in [1.29, 1.82) is 0 Å². The average Bonchev–Trinajstić information content (AvgIpc) is 2.47. The molecule has 0 amide bonds. The Kier molecular flexibility index (Phi) is 4.19. The summed E-state index contributed by atoms with van der Waals surface area (Å²) in [6, 6.07) is 0.544. The number of aryl methyl sites for hydroxylation is 1. The van der Waals surface area contributed by atoms with E-state index in [4.69, 9.17) is 17.0 Å². The van der Waals surface area contributed by atoms with Crippen molar-refractivity contribution in [3.63, 3.8) is 0 Å². The molecule has 4 nitrogen and oxygen atoms in total. The Balaban J connectivity index is 1.86. The van der Waals surface area contributed by atoms with Gasteiger partial charge >= 0.3 is 0 Å². The summed E-state index contributed by atoms with van der Waals surface area (Å²) < 4.78 is 6.69. The lowest BCUT2D eigenvalue weighted by molar-refractivity contribution is -0.0444. The van der Waals surface area contributed by atoms with Crippen LogP contribution in [0.25, 0.3) is 0 Å². The molecule has 0 radical (unpaired) electrons. The fourth-order valence-electron chi connectivity index (χ4n) is 3.09. The highest BCUT2D eigenvalue weighted by atomic mass is 32.1. The van der Waals surface area contributed by atoms with E-state index in [2.05, 4.69) is 28.7 Å². The molecule has 1 aromatic rings. The van der Waals surface area contributed by atoms with Gasteiger partial charge in [-0.3, -0.25) is 4.90 Å². The first kappa shape index (κ1) is 14.2. The number of ether oxygens (including phenoxy) is 1. The van der Waals surface area contributed by atoms with E-state index < -0.39 is 0 Å². The third kappa shape index (κ3) is 2.80. The van der Waals surface area contributed by atoms with E-state index in [0.29, 0.717) is 6.04 Å². The van der Waals surface area contributed by atoms with Crippen LogP contribution in [0.2, 0.25) is 0 Å². The molecule has 0 bridgehead atoms. The predicted octanol–water partition coefficient (Wildman–Crippen LogP) is 2.80. The second kappa shape index (κ2) is 5.92. The molecule has 2 heterocycles. The summed E-state index contributed by atoms with van der Waals surface area (Å²) in [7, 11) is 0. The normalized spacial score (nSPS) is 23.9. The number of hydrogen-bond donors (Lipinski definition) is 1. The van der Waals surface area contributed by atoms with Gasteiger partial charge in [-0.2, -0.15) is 0 Å². The molecule has 110 valence electrons. The molecule has 2 aliphatic rings. The van der Waals surface area contributed by atoms with E-state index in [1.165, 1.54) is 24.1 Å². The van der Waals surface area contributed by atoms with Crippen LogP contribution in [0.3, 0.4) is 0 Å². The van der Waals surface area contributed by atoms with Gasteiger partial charge in [0.1, 0.15) is 16.6 Å². The third-order valence-corrected chi connectivity index (χ3v) is 4.70. The minimum absolute atomic E-state index is 0.0278. The first-order chi connectivity index (χ1) is 9.65. The van der Waals surface area contributed by atoms with Gasteiger partial charge in [-0.15, -0.1) is 0 Å². The number of aromatic amines is 1. The highest BCUT2D eigenvalue weighted by Gasteiger charge is 2.26. The van der Waals surface area contributed by atoms with Gasteiger partial charge in [-0.25, -0.2) is 4.98 Å². The van der Waals surface area contributed by atoms with Gasteiger partial charge < -0.3 is 9.72 Å². The van der Waals surface area contributed by atoms with Crippen molar-refractivity contribution in [2.75, 3.05) is 19.7 Å². The number of nitrogens with one attached hydrogen (secondary N) is 1. The Morgan fingerprint density at radius 2 is 2.15 bits per heavy atom. The Bertz CT molecular complexity index is 540. The number of fused-ring (bicyclic) bond motifs is 1. The Labute approximate surface area is 125 Å². The zero-order valence-corrected chi connectivity index (χ0v) is 13.1. The Morgan fingerprint density at radius 3 is 2.95 bits per heavy atom. The van der Waals surface area contributed by atoms with Crippen molar-refractivity contribution in [3.8, 4) is 0 Å². The molecule has 1 unspecified atom stereocenters. The van der Waals surface area contributed by atoms with E-state index in [1.807, 2.05) is 0 Å². The molecule has 1 fully saturated rings. The molecule has 1 aromatic heterocycles. The number of morpholine rings is 1. The number of H-pyrrole nitrogens is 1. The topological polar surface area (TPSA) is 41.1 Å². The maximum atomic E-state index is 5.91. The van der Waals surface area contributed by atoms with E-state index in [-0.39, 0.29) is 6.10 Å². The zero-order valence-electron chi connectivity index (χ0n) is 12.3. The van der Waals surface area contributed by atoms with Crippen molar-refractivity contribution in [2.24, 2.45) is 0 Å². The van der Waals surface area contributed by atoms with E-state index in [9.17, 15) is 0 Å². The highest BCUT2D eigenvalue weighted by Crippen LogP contribution is 2.25. The van der Waals surface area contributed by atoms with Gasteiger partial charge in [0.25, 0.3) is 0 Å². The maximum absolute atomic E-state index is 5.91. The van der Waals surface area contributed by atoms with Crippen LogP contribution in [-0.2, 0) is 17.6 Å². The van der Waals surface area contributed by atoms with Crippen LogP contribution in [-0.4, -0.2) is 40.6 Å². The highest BCUT2D eigenvalue weighted by molar-refractivity contribution is 7.71. The fraction of sp³-hybridized carbons (Fsp3) is 0.733. The van der Waals surface area contributed by atoms with E-state index in [0.717, 1.165) is 43.0 Å². The second-order valence-electron chi connectivity index (χ2n) is 6.04. The molecule has 1 aliphatic heterocycles. The summed E-state index contributed by atoms with van der Waals surface area (Å²) in [6.45, 7) is 7.12. The molecule has 1 N–H and O–H groups in total. The van der Waals surface area contributed by atoms with Gasteiger partial charge in [0.05, 0.1) is 6.61 Å². The Hall–Kier alpha value is -0.780. The summed E-state index contributed by atoms with van der Waals surface area (Å²) in [5.41, 5.74) is 2.54. The maximum Gasteiger partial charge on any atom is 0.138 e. The molecule has 1 aliphatic carbocycles. The lowest BCUT2D eigenvalue weighted by Gasteiger charge is -2.35. The quantitative estimate of drug-likeness (QED) is 0.851. The molecule has 1 saturated heterocycles. The lowest BCUT2D eigenvalue weighted by atomic mass is 9.97. The zero-order chi connectivity index (χ0) is 14.1. The van der Waals surface area contributed by atoms with Gasteiger partial charge in [0.2, 0.25) is 0 Å². The van der Waals surface area contributed by atoms with Crippen molar-refractivity contribution >= 4 is 12.2 Å². The van der Waals surface area contributed by atoms with Crippen LogP contribution in [0.15, 0.2) is 0 Å². The summed E-state index contributed by atoms with van der Waals surface area (Å²) in [6.07, 6.45) is 4.66. The van der Waals surface area contributed by atoms with Crippen LogP contribution in [0, 0.1) is 4.64 Å². The number of aromatic nitrogens is 2. The molecular formula is C15H23N3OS. The molecule has 0 spiro atoms. The molecule has 5 heteroatoms. The van der Waals surface area contributed by atoms with Crippen molar-refractivity contribution in [2.45, 2.75) is 51.7 Å². The molecular weight excluding hydrogens is 270 g/mol. The monoisotopic (exact) mass is 293 g/mol. The van der Waals surface area contributed by atoms with E-state index >= 15 is 0 Å². The van der Waals surface area contributed by atoms with Gasteiger partial charge in [0.15, 0.2) is 0 Å². The summed E-state index contributed by atoms with van der Waals surface area (Å²) in [5.74, 6) is 0.918. The van der Waals surface area contributed by atoms with Gasteiger partial charge in [-0.05, 0) is 39.5 Å². The largest absolute Gasteiger partial charge is 0.368 e. The van der Waals surface area contributed by atoms with Crippen LogP contribution in [0.4, 0.5) is 0 Å². The van der Waals surface area contributed by atoms with Gasteiger partial charge in [0, 0.05) is 30.4 Å². The lowest BCUT2D eigenvalue weighted by Crippen LogP contribution is -2.42. The number of rotatable bonds is 2. The van der Waals surface area contributed by atoms with Crippen LogP contribution < -0.4 is 0 Å². The smallest absolute Gasteiger partial charge is 0.138 e. The summed E-state index contributed by atoms with van der Waals surface area (Å²) >= 11 is 5.48. The minimum Gasteiger partial charge on any atom is -0.368 e. The SMILES string of the molecule is CC(C)N1CCOC(c2nc(=S)c3c([nH]2)CCCC3)C1. The molecule has 1 atom stereocenters. The van der Waals surface area contributed by atoms with E-state index in [1.54, 1.807) is 0 Å². The van der Waals surface area contributed by atoms with Crippen molar-refractivity contribution < 1.29 is 4.74 Å². The molecule has 0 aromatic carbocycles. The Morgan fingerprint density at radius 1 is 1.35 bits per heavy atom.